The van der Waals surface area contributed by atoms with E-state index in [2.05, 4.69) is 17.1 Å². The summed E-state index contributed by atoms with van der Waals surface area (Å²) in [7, 11) is 1.60. The molecule has 5 rings (SSSR count). The maximum absolute atomic E-state index is 13.2. The Morgan fingerprint density at radius 1 is 1.17 bits per heavy atom. The van der Waals surface area contributed by atoms with Crippen LogP contribution in [0.5, 0.6) is 5.75 Å². The molecule has 148 valence electrons. The van der Waals surface area contributed by atoms with Gasteiger partial charge in [0.1, 0.15) is 5.75 Å². The first-order valence-electron chi connectivity index (χ1n) is 9.95. The number of aromatic amines is 1. The molecule has 2 aliphatic heterocycles. The first kappa shape index (κ1) is 17.8. The lowest BCUT2D eigenvalue weighted by Crippen LogP contribution is -2.40. The van der Waals surface area contributed by atoms with Crippen molar-refractivity contribution in [1.29, 1.82) is 0 Å². The van der Waals surface area contributed by atoms with Gasteiger partial charge in [0.05, 0.1) is 13.0 Å². The first-order chi connectivity index (χ1) is 14.1. The number of ether oxygens (including phenoxy) is 1. The molecule has 1 fully saturated rings. The summed E-state index contributed by atoms with van der Waals surface area (Å²) in [5.74, 6) is 0.453. The van der Waals surface area contributed by atoms with E-state index in [-0.39, 0.29) is 24.2 Å². The molecule has 2 aliphatic rings. The molecular formula is C23H23N3O3. The standard InChI is InChI=1S/C23H23N3O3/c1-29-17-6-4-5-16(12-17)26-13-15(11-22(26)27)23(28)25-10-9-21-19(14-25)18-7-2-3-8-20(18)24-21/h2-8,12,15,24H,9-11,13-14H2,1H3/t15-/m0/s1. The number of carbonyl (C=O) groups excluding carboxylic acids is 2. The van der Waals surface area contributed by atoms with E-state index in [1.54, 1.807) is 12.0 Å². The Morgan fingerprint density at radius 3 is 2.90 bits per heavy atom. The number of hydrogen-bond acceptors (Lipinski definition) is 3. The number of amides is 2. The van der Waals surface area contributed by atoms with Gasteiger partial charge in [0.2, 0.25) is 11.8 Å². The van der Waals surface area contributed by atoms with Crippen LogP contribution in [0, 0.1) is 5.92 Å². The minimum atomic E-state index is -0.305. The zero-order valence-corrected chi connectivity index (χ0v) is 16.4. The van der Waals surface area contributed by atoms with Crippen molar-refractivity contribution < 1.29 is 14.3 Å². The van der Waals surface area contributed by atoms with Gasteiger partial charge in [-0.15, -0.1) is 0 Å². The normalized spacial score (nSPS) is 18.9. The molecule has 0 saturated carbocycles. The summed E-state index contributed by atoms with van der Waals surface area (Å²) >= 11 is 0. The Bertz CT molecular complexity index is 1100. The van der Waals surface area contributed by atoms with Gasteiger partial charge in [-0.05, 0) is 18.2 Å². The van der Waals surface area contributed by atoms with Crippen molar-refractivity contribution in [3.63, 3.8) is 0 Å². The fraction of sp³-hybridized carbons (Fsp3) is 0.304. The maximum atomic E-state index is 13.2. The lowest BCUT2D eigenvalue weighted by atomic mass is 10.0. The number of methoxy groups -OCH3 is 1. The third kappa shape index (κ3) is 3.05. The highest BCUT2D eigenvalue weighted by Gasteiger charge is 2.38. The van der Waals surface area contributed by atoms with E-state index in [4.69, 9.17) is 4.74 Å². The van der Waals surface area contributed by atoms with Gasteiger partial charge in [-0.1, -0.05) is 24.3 Å². The van der Waals surface area contributed by atoms with E-state index >= 15 is 0 Å². The smallest absolute Gasteiger partial charge is 0.228 e. The fourth-order valence-corrected chi connectivity index (χ4v) is 4.51. The SMILES string of the molecule is COc1cccc(N2C[C@@H](C(=O)N3CCc4[nH]c5ccccc5c4C3)CC2=O)c1. The molecule has 29 heavy (non-hydrogen) atoms. The first-order valence-corrected chi connectivity index (χ1v) is 9.95. The van der Waals surface area contributed by atoms with Gasteiger partial charge in [-0.3, -0.25) is 9.59 Å². The lowest BCUT2D eigenvalue weighted by molar-refractivity contribution is -0.136. The highest BCUT2D eigenvalue weighted by molar-refractivity contribution is 6.00. The van der Waals surface area contributed by atoms with Crippen LogP contribution in [-0.2, 0) is 22.6 Å². The van der Waals surface area contributed by atoms with Gasteiger partial charge >= 0.3 is 0 Å². The molecule has 2 amide bonds. The van der Waals surface area contributed by atoms with Crippen molar-refractivity contribution in [2.45, 2.75) is 19.4 Å². The highest BCUT2D eigenvalue weighted by Crippen LogP contribution is 2.32. The molecule has 6 heteroatoms. The number of benzene rings is 2. The Balaban J connectivity index is 1.34. The molecule has 0 aliphatic carbocycles. The predicted molar refractivity (Wildman–Crippen MR) is 111 cm³/mol. The van der Waals surface area contributed by atoms with E-state index in [9.17, 15) is 9.59 Å². The summed E-state index contributed by atoms with van der Waals surface area (Å²) in [6.07, 6.45) is 1.07. The van der Waals surface area contributed by atoms with Crippen LogP contribution in [-0.4, -0.2) is 41.9 Å². The van der Waals surface area contributed by atoms with Crippen LogP contribution in [0.1, 0.15) is 17.7 Å². The molecule has 2 aromatic carbocycles. The van der Waals surface area contributed by atoms with Crippen LogP contribution in [0.2, 0.25) is 0 Å². The van der Waals surface area contributed by atoms with Gasteiger partial charge in [-0.25, -0.2) is 0 Å². The molecule has 0 bridgehead atoms. The second kappa shape index (κ2) is 6.95. The van der Waals surface area contributed by atoms with Crippen molar-refractivity contribution >= 4 is 28.4 Å². The zero-order chi connectivity index (χ0) is 20.0. The summed E-state index contributed by atoms with van der Waals surface area (Å²) in [6, 6.07) is 15.6. The average Bonchev–Trinajstić information content (AvgIpc) is 3.33. The molecule has 0 unspecified atom stereocenters. The number of H-pyrrole nitrogens is 1. The van der Waals surface area contributed by atoms with Crippen molar-refractivity contribution in [2.75, 3.05) is 25.1 Å². The Morgan fingerprint density at radius 2 is 2.03 bits per heavy atom. The van der Waals surface area contributed by atoms with Gasteiger partial charge in [-0.2, -0.15) is 0 Å². The number of anilines is 1. The van der Waals surface area contributed by atoms with Crippen molar-refractivity contribution in [1.82, 2.24) is 9.88 Å². The fourth-order valence-electron chi connectivity index (χ4n) is 4.51. The van der Waals surface area contributed by atoms with Crippen LogP contribution in [0.3, 0.4) is 0 Å². The number of carbonyl (C=O) groups is 2. The monoisotopic (exact) mass is 389 g/mol. The van der Waals surface area contributed by atoms with E-state index in [0.717, 1.165) is 17.6 Å². The Kier molecular flexibility index (Phi) is 4.27. The number of aromatic nitrogens is 1. The number of nitrogens with one attached hydrogen (secondary N) is 1. The van der Waals surface area contributed by atoms with Crippen molar-refractivity contribution in [3.05, 3.63) is 59.8 Å². The number of nitrogens with zero attached hydrogens (tertiary/aromatic N) is 2. The summed E-state index contributed by atoms with van der Waals surface area (Å²) in [6.45, 7) is 1.70. The summed E-state index contributed by atoms with van der Waals surface area (Å²) in [5, 5.41) is 1.18. The molecule has 0 spiro atoms. The summed E-state index contributed by atoms with van der Waals surface area (Å²) in [5.41, 5.74) is 4.32. The van der Waals surface area contributed by atoms with Crippen LogP contribution < -0.4 is 9.64 Å². The molecule has 1 N–H and O–H groups in total. The van der Waals surface area contributed by atoms with Gasteiger partial charge < -0.3 is 19.5 Å². The largest absolute Gasteiger partial charge is 0.497 e. The molecule has 6 nitrogen and oxygen atoms in total. The average molecular weight is 389 g/mol. The maximum Gasteiger partial charge on any atom is 0.228 e. The highest BCUT2D eigenvalue weighted by atomic mass is 16.5. The molecule has 3 heterocycles. The topological polar surface area (TPSA) is 65.6 Å². The van der Waals surface area contributed by atoms with Crippen LogP contribution in [0.25, 0.3) is 10.9 Å². The van der Waals surface area contributed by atoms with E-state index in [1.807, 2.05) is 41.3 Å². The second-order valence-electron chi connectivity index (χ2n) is 7.74. The molecule has 1 atom stereocenters. The van der Waals surface area contributed by atoms with Crippen molar-refractivity contribution in [3.8, 4) is 5.75 Å². The van der Waals surface area contributed by atoms with E-state index in [0.29, 0.717) is 25.4 Å². The minimum Gasteiger partial charge on any atom is -0.497 e. The quantitative estimate of drug-likeness (QED) is 0.749. The number of rotatable bonds is 3. The van der Waals surface area contributed by atoms with Crippen LogP contribution in [0.15, 0.2) is 48.5 Å². The van der Waals surface area contributed by atoms with Gasteiger partial charge in [0.15, 0.2) is 0 Å². The van der Waals surface area contributed by atoms with Crippen LogP contribution >= 0.6 is 0 Å². The zero-order valence-electron chi connectivity index (χ0n) is 16.4. The Labute approximate surface area is 169 Å². The van der Waals surface area contributed by atoms with E-state index in [1.165, 1.54) is 16.6 Å². The van der Waals surface area contributed by atoms with Gasteiger partial charge in [0, 0.05) is 66.4 Å². The van der Waals surface area contributed by atoms with Gasteiger partial charge in [0.25, 0.3) is 0 Å². The van der Waals surface area contributed by atoms with E-state index < -0.39 is 0 Å². The third-order valence-corrected chi connectivity index (χ3v) is 6.03. The molecular weight excluding hydrogens is 366 g/mol. The lowest BCUT2D eigenvalue weighted by Gasteiger charge is -2.29. The van der Waals surface area contributed by atoms with Crippen molar-refractivity contribution in [2.24, 2.45) is 5.92 Å². The molecule has 1 aromatic heterocycles. The third-order valence-electron chi connectivity index (χ3n) is 6.03. The number of para-hydroxylation sites is 1. The van der Waals surface area contributed by atoms with Crippen LogP contribution in [0.4, 0.5) is 5.69 Å². The second-order valence-corrected chi connectivity index (χ2v) is 7.74. The molecule has 1 saturated heterocycles. The summed E-state index contributed by atoms with van der Waals surface area (Å²) < 4.78 is 5.26. The number of fused-ring (bicyclic) bond motifs is 3. The number of hydrogen-bond donors (Lipinski definition) is 1. The Hall–Kier alpha value is -3.28. The minimum absolute atomic E-state index is 0.0126. The summed E-state index contributed by atoms with van der Waals surface area (Å²) in [4.78, 5) is 32.9. The molecule has 0 radical (unpaired) electrons. The molecule has 3 aromatic rings. The predicted octanol–water partition coefficient (Wildman–Crippen LogP) is 3.11.